The first kappa shape index (κ1) is 20.9. The molecule has 0 bridgehead atoms. The molecule has 0 radical (unpaired) electrons. The van der Waals surface area contributed by atoms with Gasteiger partial charge in [-0.1, -0.05) is 54.1 Å². The fourth-order valence-electron chi connectivity index (χ4n) is 4.48. The topological polar surface area (TPSA) is 54.5 Å². The van der Waals surface area contributed by atoms with Crippen LogP contribution >= 0.6 is 11.6 Å². The van der Waals surface area contributed by atoms with Crippen molar-refractivity contribution < 1.29 is 4.42 Å². The van der Waals surface area contributed by atoms with E-state index in [1.54, 1.807) is 22.9 Å². The number of hydrogen-bond donors (Lipinski definition) is 0. The Morgan fingerprint density at radius 1 is 0.875 bits per heavy atom. The van der Waals surface area contributed by atoms with Crippen LogP contribution in [-0.4, -0.2) is 52.1 Å². The quantitative estimate of drug-likeness (QED) is 0.445. The molecule has 1 saturated heterocycles. The van der Waals surface area contributed by atoms with Crippen molar-refractivity contribution in [2.75, 3.05) is 32.7 Å². The van der Waals surface area contributed by atoms with Crippen LogP contribution in [0.4, 0.5) is 0 Å². The molecular formula is C25H25ClN4O2. The van der Waals surface area contributed by atoms with Crippen LogP contribution < -0.4 is 5.76 Å². The predicted octanol–water partition coefficient (Wildman–Crippen LogP) is 4.05. The number of nitrogens with zero attached hydrogens (tertiary/aromatic N) is 4. The van der Waals surface area contributed by atoms with E-state index in [4.69, 9.17) is 16.0 Å². The van der Waals surface area contributed by atoms with Gasteiger partial charge in [-0.2, -0.15) is 0 Å². The van der Waals surface area contributed by atoms with Crippen molar-refractivity contribution >= 4 is 22.8 Å². The Morgan fingerprint density at radius 3 is 2.34 bits per heavy atom. The van der Waals surface area contributed by atoms with E-state index >= 15 is 0 Å². The van der Waals surface area contributed by atoms with E-state index in [1.807, 2.05) is 12.1 Å². The molecule has 0 amide bonds. The Kier molecular flexibility index (Phi) is 6.08. The van der Waals surface area contributed by atoms with Crippen LogP contribution in [0.3, 0.4) is 0 Å². The average Bonchev–Trinajstić information content (AvgIpc) is 3.15. The highest BCUT2D eigenvalue weighted by molar-refractivity contribution is 6.30. The molecule has 1 aliphatic rings. The maximum atomic E-state index is 12.2. The Morgan fingerprint density at radius 2 is 1.59 bits per heavy atom. The van der Waals surface area contributed by atoms with Gasteiger partial charge < -0.3 is 4.42 Å². The summed E-state index contributed by atoms with van der Waals surface area (Å²) in [4.78, 5) is 21.4. The smallest absolute Gasteiger partial charge is 0.406 e. The second kappa shape index (κ2) is 9.28. The van der Waals surface area contributed by atoms with Gasteiger partial charge in [0.2, 0.25) is 0 Å². The third kappa shape index (κ3) is 4.35. The summed E-state index contributed by atoms with van der Waals surface area (Å²) >= 11 is 6.14. The molecule has 4 aromatic rings. The minimum atomic E-state index is -0.343. The second-order valence-corrected chi connectivity index (χ2v) is 8.52. The second-order valence-electron chi connectivity index (χ2n) is 8.09. The van der Waals surface area contributed by atoms with Crippen molar-refractivity contribution in [3.63, 3.8) is 0 Å². The maximum Gasteiger partial charge on any atom is 0.421 e. The van der Waals surface area contributed by atoms with Gasteiger partial charge in [0.05, 0.1) is 6.04 Å². The molecule has 0 N–H and O–H groups in total. The molecule has 0 spiro atoms. The SMILES string of the molecule is O=c1oc2cccnc2n1CCN1CCN(C(c2ccccc2)c2ccc(Cl)cc2)CC1. The molecule has 1 aliphatic heterocycles. The predicted molar refractivity (Wildman–Crippen MR) is 126 cm³/mol. The van der Waals surface area contributed by atoms with Gasteiger partial charge in [0, 0.05) is 50.5 Å². The van der Waals surface area contributed by atoms with E-state index in [-0.39, 0.29) is 11.8 Å². The highest BCUT2D eigenvalue weighted by Gasteiger charge is 2.26. The summed E-state index contributed by atoms with van der Waals surface area (Å²) in [6, 6.07) is 22.5. The molecule has 32 heavy (non-hydrogen) atoms. The summed E-state index contributed by atoms with van der Waals surface area (Å²) in [5.41, 5.74) is 3.68. The van der Waals surface area contributed by atoms with Crippen molar-refractivity contribution in [2.45, 2.75) is 12.6 Å². The minimum absolute atomic E-state index is 0.195. The van der Waals surface area contributed by atoms with Gasteiger partial charge in [-0.15, -0.1) is 0 Å². The lowest BCUT2D eigenvalue weighted by molar-refractivity contribution is 0.106. The van der Waals surface area contributed by atoms with Gasteiger partial charge >= 0.3 is 5.76 Å². The number of benzene rings is 2. The molecule has 6 nitrogen and oxygen atoms in total. The first-order valence-corrected chi connectivity index (χ1v) is 11.3. The van der Waals surface area contributed by atoms with E-state index in [1.165, 1.54) is 11.1 Å². The van der Waals surface area contributed by atoms with Gasteiger partial charge in [0.15, 0.2) is 11.2 Å². The summed E-state index contributed by atoms with van der Waals surface area (Å²) in [5.74, 6) is -0.343. The Labute approximate surface area is 191 Å². The van der Waals surface area contributed by atoms with Crippen molar-refractivity contribution in [2.24, 2.45) is 0 Å². The molecule has 0 aliphatic carbocycles. The molecule has 2 aromatic heterocycles. The van der Waals surface area contributed by atoms with Crippen LogP contribution in [-0.2, 0) is 6.54 Å². The lowest BCUT2D eigenvalue weighted by atomic mass is 9.96. The third-order valence-electron chi connectivity index (χ3n) is 6.14. The Balaban J connectivity index is 1.27. The van der Waals surface area contributed by atoms with Gasteiger partial charge in [-0.05, 0) is 35.4 Å². The molecule has 2 aromatic carbocycles. The number of oxazole rings is 1. The molecule has 0 saturated carbocycles. The van der Waals surface area contributed by atoms with Gasteiger partial charge in [-0.25, -0.2) is 9.78 Å². The van der Waals surface area contributed by atoms with Crippen molar-refractivity contribution in [3.05, 3.63) is 99.6 Å². The summed E-state index contributed by atoms with van der Waals surface area (Å²) < 4.78 is 6.93. The van der Waals surface area contributed by atoms with Crippen LogP contribution in [0.2, 0.25) is 5.02 Å². The van der Waals surface area contributed by atoms with Crippen LogP contribution in [0.5, 0.6) is 0 Å². The van der Waals surface area contributed by atoms with Gasteiger partial charge in [0.1, 0.15) is 0 Å². The lowest BCUT2D eigenvalue weighted by Crippen LogP contribution is -2.48. The summed E-state index contributed by atoms with van der Waals surface area (Å²) in [6.07, 6.45) is 1.69. The number of rotatable bonds is 6. The van der Waals surface area contributed by atoms with Crippen LogP contribution in [0.15, 0.2) is 82.1 Å². The molecule has 1 fully saturated rings. The van der Waals surface area contributed by atoms with E-state index in [2.05, 4.69) is 57.2 Å². The number of pyridine rings is 1. The first-order valence-electron chi connectivity index (χ1n) is 10.9. The van der Waals surface area contributed by atoms with Crippen molar-refractivity contribution in [1.29, 1.82) is 0 Å². The minimum Gasteiger partial charge on any atom is -0.406 e. The Hall–Kier alpha value is -2.93. The maximum absolute atomic E-state index is 12.2. The molecule has 5 rings (SSSR count). The molecule has 3 heterocycles. The summed E-state index contributed by atoms with van der Waals surface area (Å²) in [6.45, 7) is 5.13. The zero-order valence-corrected chi connectivity index (χ0v) is 18.5. The lowest BCUT2D eigenvalue weighted by Gasteiger charge is -2.39. The number of aromatic nitrogens is 2. The zero-order valence-electron chi connectivity index (χ0n) is 17.7. The van der Waals surface area contributed by atoms with E-state index in [0.717, 1.165) is 37.7 Å². The fourth-order valence-corrected chi connectivity index (χ4v) is 4.60. The highest BCUT2D eigenvalue weighted by Crippen LogP contribution is 2.30. The van der Waals surface area contributed by atoms with Gasteiger partial charge in [-0.3, -0.25) is 14.4 Å². The monoisotopic (exact) mass is 448 g/mol. The Bertz CT molecular complexity index is 1230. The van der Waals surface area contributed by atoms with Crippen LogP contribution in [0, 0.1) is 0 Å². The molecular weight excluding hydrogens is 424 g/mol. The van der Waals surface area contributed by atoms with E-state index in [0.29, 0.717) is 17.8 Å². The van der Waals surface area contributed by atoms with Crippen LogP contribution in [0.1, 0.15) is 17.2 Å². The summed E-state index contributed by atoms with van der Waals surface area (Å²) in [7, 11) is 0. The van der Waals surface area contributed by atoms with Crippen LogP contribution in [0.25, 0.3) is 11.2 Å². The molecule has 7 heteroatoms. The van der Waals surface area contributed by atoms with E-state index < -0.39 is 0 Å². The van der Waals surface area contributed by atoms with Crippen molar-refractivity contribution in [1.82, 2.24) is 19.4 Å². The number of halogens is 1. The van der Waals surface area contributed by atoms with E-state index in [9.17, 15) is 4.79 Å². The number of piperazine rings is 1. The van der Waals surface area contributed by atoms with Gasteiger partial charge in [0.25, 0.3) is 0 Å². The molecule has 164 valence electrons. The summed E-state index contributed by atoms with van der Waals surface area (Å²) in [5, 5.41) is 0.752. The fraction of sp³-hybridized carbons (Fsp3) is 0.280. The number of fused-ring (bicyclic) bond motifs is 1. The molecule has 1 unspecified atom stereocenters. The molecule has 1 atom stereocenters. The number of hydrogen-bond acceptors (Lipinski definition) is 5. The average molecular weight is 449 g/mol. The largest absolute Gasteiger partial charge is 0.421 e. The zero-order chi connectivity index (χ0) is 21.9. The third-order valence-corrected chi connectivity index (χ3v) is 6.39. The standard InChI is InChI=1S/C25H25ClN4O2/c26-21-10-8-20(9-11-21)23(19-5-2-1-3-6-19)29-16-13-28(14-17-29)15-18-30-24-22(32-25(30)31)7-4-12-27-24/h1-12,23H,13-18H2. The van der Waals surface area contributed by atoms with Crippen molar-refractivity contribution in [3.8, 4) is 0 Å². The first-order chi connectivity index (χ1) is 15.7. The normalized spacial score (nSPS) is 16.4. The highest BCUT2D eigenvalue weighted by atomic mass is 35.5.